The molecular weight excluding hydrogens is 271 g/mol. The first-order chi connectivity index (χ1) is 7.66. The van der Waals surface area contributed by atoms with Crippen LogP contribution in [0.4, 0.5) is 4.39 Å². The largest absolute Gasteiger partial charge is 0.312 e. The van der Waals surface area contributed by atoms with Crippen molar-refractivity contribution in [1.82, 2.24) is 10.2 Å². The fourth-order valence-corrected chi connectivity index (χ4v) is 2.53. The minimum atomic E-state index is -0.124. The monoisotopic (exact) mass is 286 g/mol. The van der Waals surface area contributed by atoms with Crippen molar-refractivity contribution >= 4 is 15.9 Å². The first-order valence-corrected chi connectivity index (χ1v) is 6.35. The van der Waals surface area contributed by atoms with Gasteiger partial charge in [0.05, 0.1) is 0 Å². The Morgan fingerprint density at radius 2 is 2.38 bits per heavy atom. The minimum absolute atomic E-state index is 0.124. The third-order valence-electron chi connectivity index (χ3n) is 2.90. The lowest BCUT2D eigenvalue weighted by atomic mass is 10.1. The Morgan fingerprint density at radius 1 is 1.56 bits per heavy atom. The molecule has 1 aromatic carbocycles. The van der Waals surface area contributed by atoms with Crippen LogP contribution in [-0.4, -0.2) is 30.6 Å². The van der Waals surface area contributed by atoms with Gasteiger partial charge in [0.1, 0.15) is 5.82 Å². The summed E-state index contributed by atoms with van der Waals surface area (Å²) in [6.07, 6.45) is 0. The van der Waals surface area contributed by atoms with E-state index in [9.17, 15) is 4.39 Å². The molecule has 0 aliphatic carbocycles. The molecule has 0 saturated carbocycles. The van der Waals surface area contributed by atoms with Crippen LogP contribution in [0.15, 0.2) is 22.7 Å². The zero-order chi connectivity index (χ0) is 11.5. The molecule has 1 saturated heterocycles. The molecule has 1 aromatic rings. The van der Waals surface area contributed by atoms with E-state index < -0.39 is 0 Å². The molecule has 1 aliphatic rings. The van der Waals surface area contributed by atoms with Gasteiger partial charge in [-0.1, -0.05) is 22.0 Å². The van der Waals surface area contributed by atoms with Gasteiger partial charge >= 0.3 is 0 Å². The van der Waals surface area contributed by atoms with Crippen LogP contribution in [0.1, 0.15) is 12.5 Å². The van der Waals surface area contributed by atoms with E-state index in [1.54, 1.807) is 6.07 Å². The van der Waals surface area contributed by atoms with Crippen molar-refractivity contribution < 1.29 is 4.39 Å². The topological polar surface area (TPSA) is 15.3 Å². The molecule has 0 bridgehead atoms. The summed E-state index contributed by atoms with van der Waals surface area (Å²) in [4.78, 5) is 2.28. The van der Waals surface area contributed by atoms with Crippen molar-refractivity contribution in [1.29, 1.82) is 0 Å². The average molecular weight is 287 g/mol. The quantitative estimate of drug-likeness (QED) is 0.898. The second-order valence-corrected chi connectivity index (χ2v) is 5.14. The number of nitrogens with zero attached hydrogens (tertiary/aromatic N) is 1. The van der Waals surface area contributed by atoms with Crippen molar-refractivity contribution in [3.63, 3.8) is 0 Å². The predicted octanol–water partition coefficient (Wildman–Crippen LogP) is 2.38. The standard InChI is InChI=1S/C12H16BrFN2/c1-9-7-16(6-5-15-9)8-10-11(13)3-2-4-12(10)14/h2-4,9,15H,5-8H2,1H3/t9-/m0/s1. The predicted molar refractivity (Wildman–Crippen MR) is 66.8 cm³/mol. The molecule has 4 heteroatoms. The summed E-state index contributed by atoms with van der Waals surface area (Å²) in [5, 5.41) is 3.38. The molecule has 1 N–H and O–H groups in total. The molecule has 0 unspecified atom stereocenters. The van der Waals surface area contributed by atoms with Crippen LogP contribution in [0.2, 0.25) is 0 Å². The minimum Gasteiger partial charge on any atom is -0.312 e. The fourth-order valence-electron chi connectivity index (χ4n) is 2.06. The second-order valence-electron chi connectivity index (χ2n) is 4.29. The number of rotatable bonds is 2. The molecule has 0 radical (unpaired) electrons. The lowest BCUT2D eigenvalue weighted by molar-refractivity contribution is 0.197. The van der Waals surface area contributed by atoms with Gasteiger partial charge in [-0.25, -0.2) is 4.39 Å². The van der Waals surface area contributed by atoms with Crippen molar-refractivity contribution in [2.45, 2.75) is 19.5 Å². The zero-order valence-corrected chi connectivity index (χ0v) is 10.9. The van der Waals surface area contributed by atoms with Gasteiger partial charge < -0.3 is 5.32 Å². The molecule has 88 valence electrons. The molecule has 2 rings (SSSR count). The zero-order valence-electron chi connectivity index (χ0n) is 9.34. The number of hydrogen-bond acceptors (Lipinski definition) is 2. The highest BCUT2D eigenvalue weighted by atomic mass is 79.9. The van der Waals surface area contributed by atoms with Crippen molar-refractivity contribution in [3.8, 4) is 0 Å². The highest BCUT2D eigenvalue weighted by Crippen LogP contribution is 2.21. The normalized spacial score (nSPS) is 22.3. The molecular formula is C12H16BrFN2. The first kappa shape index (κ1) is 12.0. The Labute approximate surface area is 104 Å². The summed E-state index contributed by atoms with van der Waals surface area (Å²) in [7, 11) is 0. The van der Waals surface area contributed by atoms with Crippen molar-refractivity contribution in [2.75, 3.05) is 19.6 Å². The Balaban J connectivity index is 2.08. The van der Waals surface area contributed by atoms with Crippen molar-refractivity contribution in [3.05, 3.63) is 34.1 Å². The molecule has 0 amide bonds. The Morgan fingerprint density at radius 3 is 3.06 bits per heavy atom. The summed E-state index contributed by atoms with van der Waals surface area (Å²) in [5.74, 6) is -0.124. The summed E-state index contributed by atoms with van der Waals surface area (Å²) in [5.41, 5.74) is 0.761. The van der Waals surface area contributed by atoms with Crippen LogP contribution < -0.4 is 5.32 Å². The third kappa shape index (κ3) is 2.81. The highest BCUT2D eigenvalue weighted by molar-refractivity contribution is 9.10. The van der Waals surface area contributed by atoms with E-state index in [0.29, 0.717) is 12.6 Å². The van der Waals surface area contributed by atoms with Crippen LogP contribution in [0, 0.1) is 5.82 Å². The first-order valence-electron chi connectivity index (χ1n) is 5.55. The maximum absolute atomic E-state index is 13.6. The number of halogens is 2. The van der Waals surface area contributed by atoms with Crippen LogP contribution in [-0.2, 0) is 6.54 Å². The van der Waals surface area contributed by atoms with Gasteiger partial charge in [-0.05, 0) is 19.1 Å². The van der Waals surface area contributed by atoms with E-state index >= 15 is 0 Å². The van der Waals surface area contributed by atoms with E-state index in [2.05, 4.69) is 33.1 Å². The van der Waals surface area contributed by atoms with Gasteiger partial charge in [0, 0.05) is 42.3 Å². The van der Waals surface area contributed by atoms with Crippen LogP contribution in [0.5, 0.6) is 0 Å². The molecule has 2 nitrogen and oxygen atoms in total. The van der Waals surface area contributed by atoms with Gasteiger partial charge in [-0.2, -0.15) is 0 Å². The van der Waals surface area contributed by atoms with E-state index in [4.69, 9.17) is 0 Å². The van der Waals surface area contributed by atoms with E-state index in [1.807, 2.05) is 6.07 Å². The van der Waals surface area contributed by atoms with E-state index in [0.717, 1.165) is 29.7 Å². The van der Waals surface area contributed by atoms with Gasteiger partial charge in [-0.3, -0.25) is 4.90 Å². The molecule has 16 heavy (non-hydrogen) atoms. The summed E-state index contributed by atoms with van der Waals surface area (Å²) in [6.45, 7) is 5.76. The molecule has 1 atom stereocenters. The summed E-state index contributed by atoms with van der Waals surface area (Å²) >= 11 is 3.41. The molecule has 1 fully saturated rings. The maximum atomic E-state index is 13.6. The Kier molecular flexibility index (Phi) is 3.95. The summed E-state index contributed by atoms with van der Waals surface area (Å²) < 4.78 is 14.5. The molecule has 0 spiro atoms. The summed E-state index contributed by atoms with van der Waals surface area (Å²) in [6, 6.07) is 5.62. The molecule has 1 heterocycles. The lowest BCUT2D eigenvalue weighted by Crippen LogP contribution is -2.48. The highest BCUT2D eigenvalue weighted by Gasteiger charge is 2.17. The van der Waals surface area contributed by atoms with Crippen LogP contribution in [0.25, 0.3) is 0 Å². The molecule has 0 aromatic heterocycles. The van der Waals surface area contributed by atoms with Crippen LogP contribution in [0.3, 0.4) is 0 Å². The number of nitrogens with one attached hydrogen (secondary N) is 1. The lowest BCUT2D eigenvalue weighted by Gasteiger charge is -2.32. The van der Waals surface area contributed by atoms with E-state index in [-0.39, 0.29) is 5.82 Å². The second kappa shape index (κ2) is 5.25. The number of benzene rings is 1. The Hall–Kier alpha value is -0.450. The SMILES string of the molecule is C[C@H]1CN(Cc2c(F)cccc2Br)CCN1. The Bertz CT molecular complexity index is 350. The van der Waals surface area contributed by atoms with E-state index in [1.165, 1.54) is 6.07 Å². The number of hydrogen-bond donors (Lipinski definition) is 1. The van der Waals surface area contributed by atoms with Crippen molar-refractivity contribution in [2.24, 2.45) is 0 Å². The van der Waals surface area contributed by atoms with Gasteiger partial charge in [0.25, 0.3) is 0 Å². The average Bonchev–Trinajstić information content (AvgIpc) is 2.24. The fraction of sp³-hybridized carbons (Fsp3) is 0.500. The van der Waals surface area contributed by atoms with Gasteiger partial charge in [0.2, 0.25) is 0 Å². The van der Waals surface area contributed by atoms with Crippen LogP contribution >= 0.6 is 15.9 Å². The van der Waals surface area contributed by atoms with Gasteiger partial charge in [0.15, 0.2) is 0 Å². The van der Waals surface area contributed by atoms with Gasteiger partial charge in [-0.15, -0.1) is 0 Å². The smallest absolute Gasteiger partial charge is 0.128 e. The number of piperazine rings is 1. The maximum Gasteiger partial charge on any atom is 0.128 e. The third-order valence-corrected chi connectivity index (χ3v) is 3.64. The molecule has 1 aliphatic heterocycles.